The number of carbonyl (C=O) groups excluding carboxylic acids is 2. The molecule has 0 aliphatic carbocycles. The van der Waals surface area contributed by atoms with Gasteiger partial charge in [-0.25, -0.2) is 0 Å². The molecule has 116 valence electrons. The van der Waals surface area contributed by atoms with Crippen LogP contribution in [0.15, 0.2) is 24.3 Å². The van der Waals surface area contributed by atoms with E-state index in [1.54, 1.807) is 0 Å². The Kier molecular flexibility index (Phi) is 6.65. The van der Waals surface area contributed by atoms with E-state index in [0.717, 1.165) is 11.3 Å². The number of hydrogen-bond donors (Lipinski definition) is 3. The molecule has 2 amide bonds. The van der Waals surface area contributed by atoms with Gasteiger partial charge in [-0.15, -0.1) is 12.4 Å². The van der Waals surface area contributed by atoms with Gasteiger partial charge < -0.3 is 16.4 Å². The number of nitrogens with one attached hydrogen (secondary N) is 2. The van der Waals surface area contributed by atoms with Crippen LogP contribution in [-0.4, -0.2) is 24.4 Å². The number of halogens is 1. The third-order valence-corrected chi connectivity index (χ3v) is 3.59. The Balaban J connectivity index is 0.00000220. The van der Waals surface area contributed by atoms with Crippen LogP contribution in [-0.2, 0) is 16.0 Å². The Hall–Kier alpha value is -1.59. The maximum atomic E-state index is 12.0. The predicted octanol–water partition coefficient (Wildman–Crippen LogP) is 1.46. The van der Waals surface area contributed by atoms with Crippen molar-refractivity contribution < 1.29 is 9.59 Å². The molecule has 0 aromatic heterocycles. The second kappa shape index (κ2) is 8.00. The van der Waals surface area contributed by atoms with Crippen LogP contribution in [0.1, 0.15) is 25.3 Å². The Morgan fingerprint density at radius 3 is 2.90 bits per heavy atom. The van der Waals surface area contributed by atoms with Crippen molar-refractivity contribution in [3.63, 3.8) is 0 Å². The molecule has 0 spiro atoms. The van der Waals surface area contributed by atoms with Gasteiger partial charge in [0.15, 0.2) is 0 Å². The van der Waals surface area contributed by atoms with E-state index in [4.69, 9.17) is 5.73 Å². The Morgan fingerprint density at radius 1 is 1.48 bits per heavy atom. The van der Waals surface area contributed by atoms with Crippen LogP contribution >= 0.6 is 12.4 Å². The summed E-state index contributed by atoms with van der Waals surface area (Å²) in [7, 11) is 0. The molecule has 1 heterocycles. The molecular formula is C15H22ClN3O2. The minimum absolute atomic E-state index is 0. The first-order valence-corrected chi connectivity index (χ1v) is 6.98. The van der Waals surface area contributed by atoms with Crippen LogP contribution in [0.5, 0.6) is 0 Å². The quantitative estimate of drug-likeness (QED) is 0.770. The molecule has 5 nitrogen and oxygen atoms in total. The van der Waals surface area contributed by atoms with Gasteiger partial charge >= 0.3 is 0 Å². The minimum atomic E-state index is -0.135. The molecule has 0 fully saturated rings. The molecule has 6 heteroatoms. The predicted molar refractivity (Wildman–Crippen MR) is 85.4 cm³/mol. The number of hydrogen-bond acceptors (Lipinski definition) is 3. The zero-order chi connectivity index (χ0) is 14.5. The zero-order valence-corrected chi connectivity index (χ0v) is 12.9. The molecule has 0 radical (unpaired) electrons. The van der Waals surface area contributed by atoms with Crippen LogP contribution in [0.2, 0.25) is 0 Å². The van der Waals surface area contributed by atoms with E-state index in [1.165, 1.54) is 0 Å². The molecule has 1 aliphatic heterocycles. The Morgan fingerprint density at radius 2 is 2.19 bits per heavy atom. The standard InChI is InChI=1S/C15H21N3O2.ClH/c1-10(9-16)17-14(19)7-6-12-8-11-4-2-3-5-13(11)18-15(12)20;/h2-5,10,12H,6-9,16H2,1H3,(H,17,19)(H,18,20);1H/t10-,12?;/m0./s1. The number of rotatable bonds is 5. The molecule has 1 aliphatic rings. The van der Waals surface area contributed by atoms with Crippen molar-refractivity contribution in [3.05, 3.63) is 29.8 Å². The molecule has 1 aromatic rings. The summed E-state index contributed by atoms with van der Waals surface area (Å²) in [5.41, 5.74) is 7.47. The van der Waals surface area contributed by atoms with Gasteiger partial charge in [0.1, 0.15) is 0 Å². The summed E-state index contributed by atoms with van der Waals surface area (Å²) in [5.74, 6) is -0.179. The number of carbonyl (C=O) groups is 2. The average Bonchev–Trinajstić information content (AvgIpc) is 2.44. The van der Waals surface area contributed by atoms with Crippen molar-refractivity contribution in [1.29, 1.82) is 0 Å². The smallest absolute Gasteiger partial charge is 0.227 e. The van der Waals surface area contributed by atoms with Crippen LogP contribution in [0.3, 0.4) is 0 Å². The molecule has 21 heavy (non-hydrogen) atoms. The number of fused-ring (bicyclic) bond motifs is 1. The highest BCUT2D eigenvalue weighted by atomic mass is 35.5. The lowest BCUT2D eigenvalue weighted by Crippen LogP contribution is -2.38. The second-order valence-electron chi connectivity index (χ2n) is 5.29. The minimum Gasteiger partial charge on any atom is -0.352 e. The second-order valence-corrected chi connectivity index (χ2v) is 5.29. The molecule has 4 N–H and O–H groups in total. The summed E-state index contributed by atoms with van der Waals surface area (Å²) in [5, 5.41) is 5.70. The molecule has 0 bridgehead atoms. The lowest BCUT2D eigenvalue weighted by molar-refractivity contribution is -0.123. The van der Waals surface area contributed by atoms with Gasteiger partial charge in [-0.2, -0.15) is 0 Å². The van der Waals surface area contributed by atoms with E-state index in [2.05, 4.69) is 10.6 Å². The summed E-state index contributed by atoms with van der Waals surface area (Å²) in [6, 6.07) is 7.75. The van der Waals surface area contributed by atoms with Crippen molar-refractivity contribution in [1.82, 2.24) is 5.32 Å². The van der Waals surface area contributed by atoms with Crippen molar-refractivity contribution >= 4 is 29.9 Å². The number of nitrogens with two attached hydrogens (primary N) is 1. The summed E-state index contributed by atoms with van der Waals surface area (Å²) in [4.78, 5) is 23.7. The fourth-order valence-electron chi connectivity index (χ4n) is 2.36. The third kappa shape index (κ3) is 4.72. The van der Waals surface area contributed by atoms with E-state index < -0.39 is 0 Å². The van der Waals surface area contributed by atoms with Crippen LogP contribution in [0.25, 0.3) is 0 Å². The maximum Gasteiger partial charge on any atom is 0.227 e. The van der Waals surface area contributed by atoms with Gasteiger partial charge in [-0.05, 0) is 31.4 Å². The van der Waals surface area contributed by atoms with Crippen molar-refractivity contribution in [2.24, 2.45) is 11.7 Å². The SMILES string of the molecule is C[C@@H](CN)NC(=O)CCC1Cc2ccccc2NC1=O.Cl. The summed E-state index contributed by atoms with van der Waals surface area (Å²) >= 11 is 0. The topological polar surface area (TPSA) is 84.2 Å². The highest BCUT2D eigenvalue weighted by Crippen LogP contribution is 2.27. The van der Waals surface area contributed by atoms with Gasteiger partial charge in [0.05, 0.1) is 0 Å². The largest absolute Gasteiger partial charge is 0.352 e. The summed E-state index contributed by atoms with van der Waals surface area (Å²) in [6.45, 7) is 2.28. The number of benzene rings is 1. The zero-order valence-electron chi connectivity index (χ0n) is 12.1. The average molecular weight is 312 g/mol. The lowest BCUT2D eigenvalue weighted by atomic mass is 9.89. The first kappa shape index (κ1) is 17.5. The Labute approximate surface area is 131 Å². The first-order chi connectivity index (χ1) is 9.60. The van der Waals surface area contributed by atoms with Gasteiger partial charge in [0.2, 0.25) is 11.8 Å². The fraction of sp³-hybridized carbons (Fsp3) is 0.467. The highest BCUT2D eigenvalue weighted by Gasteiger charge is 2.26. The van der Waals surface area contributed by atoms with E-state index in [1.807, 2.05) is 31.2 Å². The van der Waals surface area contributed by atoms with Gasteiger partial charge in [0, 0.05) is 30.6 Å². The maximum absolute atomic E-state index is 12.0. The molecule has 2 atom stereocenters. The van der Waals surface area contributed by atoms with Crippen molar-refractivity contribution in [2.75, 3.05) is 11.9 Å². The van der Waals surface area contributed by atoms with Gasteiger partial charge in [-0.3, -0.25) is 9.59 Å². The monoisotopic (exact) mass is 311 g/mol. The molecule has 2 rings (SSSR count). The molecule has 0 saturated carbocycles. The molecule has 1 aromatic carbocycles. The Bertz CT molecular complexity index is 507. The number of anilines is 1. The molecular weight excluding hydrogens is 290 g/mol. The first-order valence-electron chi connectivity index (χ1n) is 6.98. The van der Waals surface area contributed by atoms with E-state index in [9.17, 15) is 9.59 Å². The van der Waals surface area contributed by atoms with E-state index in [-0.39, 0.29) is 36.2 Å². The lowest BCUT2D eigenvalue weighted by Gasteiger charge is -2.24. The summed E-state index contributed by atoms with van der Waals surface area (Å²) in [6.07, 6.45) is 1.61. The van der Waals surface area contributed by atoms with Crippen molar-refractivity contribution in [2.45, 2.75) is 32.2 Å². The van der Waals surface area contributed by atoms with Crippen molar-refractivity contribution in [3.8, 4) is 0 Å². The molecule has 1 unspecified atom stereocenters. The van der Waals surface area contributed by atoms with Crippen LogP contribution < -0.4 is 16.4 Å². The number of amides is 2. The normalized spacial score (nSPS) is 18.0. The van der Waals surface area contributed by atoms with Gasteiger partial charge in [0.25, 0.3) is 0 Å². The van der Waals surface area contributed by atoms with Crippen LogP contribution in [0.4, 0.5) is 5.69 Å². The van der Waals surface area contributed by atoms with Crippen LogP contribution in [0, 0.1) is 5.92 Å². The summed E-state index contributed by atoms with van der Waals surface area (Å²) < 4.78 is 0. The fourth-order valence-corrected chi connectivity index (χ4v) is 2.36. The van der Waals surface area contributed by atoms with E-state index >= 15 is 0 Å². The van der Waals surface area contributed by atoms with E-state index in [0.29, 0.717) is 25.8 Å². The number of para-hydroxylation sites is 1. The third-order valence-electron chi connectivity index (χ3n) is 3.59. The van der Waals surface area contributed by atoms with Gasteiger partial charge in [-0.1, -0.05) is 18.2 Å². The highest BCUT2D eigenvalue weighted by molar-refractivity contribution is 5.96. The molecule has 0 saturated heterocycles.